The number of quaternary nitrogens is 1. The highest BCUT2D eigenvalue weighted by Crippen LogP contribution is 2.12. The van der Waals surface area contributed by atoms with Crippen LogP contribution in [-0.2, 0) is 19.1 Å². The van der Waals surface area contributed by atoms with E-state index in [9.17, 15) is 19.8 Å². The summed E-state index contributed by atoms with van der Waals surface area (Å²) in [6.45, 7) is 2.34. The first kappa shape index (κ1) is 35.6. The van der Waals surface area contributed by atoms with Gasteiger partial charge < -0.3 is 29.0 Å². The molecule has 0 saturated carbocycles. The zero-order chi connectivity index (χ0) is 27.8. The Hall–Kier alpha value is -1.44. The number of nitrogens with zero attached hydrogens (tertiary/aromatic N) is 1. The second kappa shape index (κ2) is 23.7. The van der Waals surface area contributed by atoms with E-state index in [1.54, 1.807) is 21.1 Å². The van der Waals surface area contributed by atoms with Crippen LogP contribution in [0, 0.1) is 0 Å². The molecule has 2 unspecified atom stereocenters. The number of allylic oxidation sites excluding steroid dienone is 2. The molecule has 0 bridgehead atoms. The van der Waals surface area contributed by atoms with Crippen molar-refractivity contribution in [2.45, 2.75) is 128 Å². The molecule has 0 aliphatic carbocycles. The highest BCUT2D eigenvalue weighted by Gasteiger charge is 2.24. The molecule has 0 amide bonds. The number of rotatable bonds is 26. The summed E-state index contributed by atoms with van der Waals surface area (Å²) in [7, 11) is 5.35. The maximum Gasteiger partial charge on any atom is 0.305 e. The second-order valence-corrected chi connectivity index (χ2v) is 11.2. The van der Waals surface area contributed by atoms with E-state index in [0.29, 0.717) is 6.42 Å². The molecule has 1 N–H and O–H groups in total. The molecule has 0 fully saturated rings. The number of carboxylic acids is 1. The van der Waals surface area contributed by atoms with Gasteiger partial charge in [-0.2, -0.15) is 0 Å². The first-order chi connectivity index (χ1) is 17.7. The average Bonchev–Trinajstić information content (AvgIpc) is 2.83. The molecule has 218 valence electrons. The molecule has 0 heterocycles. The number of unbranched alkanes of at least 4 members (excludes halogenated alkanes) is 13. The Labute approximate surface area is 227 Å². The number of ether oxygens (including phenoxy) is 2. The van der Waals surface area contributed by atoms with Crippen molar-refractivity contribution in [2.75, 3.05) is 41.0 Å². The van der Waals surface area contributed by atoms with E-state index in [1.807, 2.05) is 0 Å². The lowest BCUT2D eigenvalue weighted by Gasteiger charge is -2.34. The van der Waals surface area contributed by atoms with Crippen molar-refractivity contribution in [3.8, 4) is 0 Å². The van der Waals surface area contributed by atoms with E-state index in [1.165, 1.54) is 77.0 Å². The van der Waals surface area contributed by atoms with Crippen LogP contribution in [0.1, 0.15) is 116 Å². The van der Waals surface area contributed by atoms with E-state index < -0.39 is 18.1 Å². The number of likely N-dealkylation sites (N-methyl/N-ethyl adjacent to an activating group) is 1. The largest absolute Gasteiger partial charge is 0.544 e. The zero-order valence-electron chi connectivity index (χ0n) is 24.4. The lowest BCUT2D eigenvalue weighted by atomic mass is 10.1. The molecular formula is C30H57NO6. The molecule has 7 heteroatoms. The van der Waals surface area contributed by atoms with E-state index in [-0.39, 0.29) is 36.7 Å². The number of aliphatic hydroxyl groups excluding tert-OH is 1. The van der Waals surface area contributed by atoms with Gasteiger partial charge in [0.2, 0.25) is 0 Å². The standard InChI is InChI=1S/C30H57NO6/c1-5-6-7-8-9-10-11-12-13-14-15-16-17-18-19-20-21-22-29(33)37-26-27(32)25-36-24-23-28(30(34)35)31(2,3)4/h12-13,27-28,32H,5-11,14-26H2,1-4H3/b13-12-. The molecule has 0 aliphatic rings. The molecule has 37 heavy (non-hydrogen) atoms. The Morgan fingerprint density at radius 3 is 1.84 bits per heavy atom. The molecule has 0 aromatic carbocycles. The van der Waals surface area contributed by atoms with Crippen LogP contribution in [0.3, 0.4) is 0 Å². The number of carboxylic acid groups (broad SMARTS) is 1. The summed E-state index contributed by atoms with van der Waals surface area (Å²) >= 11 is 0. The van der Waals surface area contributed by atoms with Crippen molar-refractivity contribution in [1.82, 2.24) is 0 Å². The molecule has 0 aromatic rings. The number of esters is 1. The van der Waals surface area contributed by atoms with Gasteiger partial charge in [0.25, 0.3) is 0 Å². The molecule has 7 nitrogen and oxygen atoms in total. The Morgan fingerprint density at radius 2 is 1.32 bits per heavy atom. The Balaban J connectivity index is 3.52. The predicted octanol–water partition coefficient (Wildman–Crippen LogP) is 4.94. The van der Waals surface area contributed by atoms with E-state index in [2.05, 4.69) is 19.1 Å². The third-order valence-corrected chi connectivity index (χ3v) is 6.63. The number of hydrogen-bond donors (Lipinski definition) is 1. The Morgan fingerprint density at radius 1 is 0.811 bits per heavy atom. The van der Waals surface area contributed by atoms with Crippen molar-refractivity contribution >= 4 is 11.9 Å². The number of carbonyl (C=O) groups excluding carboxylic acids is 2. The summed E-state index contributed by atoms with van der Waals surface area (Å²) < 4.78 is 10.7. The quantitative estimate of drug-likeness (QED) is 0.0741. The number of aliphatic carboxylic acids is 1. The van der Waals surface area contributed by atoms with Crippen LogP contribution in [0.4, 0.5) is 0 Å². The van der Waals surface area contributed by atoms with Crippen LogP contribution in [0.2, 0.25) is 0 Å². The smallest absolute Gasteiger partial charge is 0.305 e. The van der Waals surface area contributed by atoms with Crippen LogP contribution in [0.5, 0.6) is 0 Å². The fourth-order valence-corrected chi connectivity index (χ4v) is 4.24. The highest BCUT2D eigenvalue weighted by atomic mass is 16.5. The van der Waals surface area contributed by atoms with E-state index in [0.717, 1.165) is 19.3 Å². The molecule has 2 atom stereocenters. The molecule has 0 spiro atoms. The van der Waals surface area contributed by atoms with Gasteiger partial charge in [-0.25, -0.2) is 0 Å². The van der Waals surface area contributed by atoms with Crippen LogP contribution >= 0.6 is 0 Å². The SMILES string of the molecule is CCCCCCCC/C=C\CCCCCCCCCC(=O)OCC(O)COCCC(C(=O)[O-])[N+](C)(C)C. The topological polar surface area (TPSA) is 95.9 Å². The van der Waals surface area contributed by atoms with Crippen molar-refractivity contribution in [3.05, 3.63) is 12.2 Å². The van der Waals surface area contributed by atoms with Crippen molar-refractivity contribution in [2.24, 2.45) is 0 Å². The lowest BCUT2D eigenvalue weighted by Crippen LogP contribution is -2.55. The maximum absolute atomic E-state index is 11.9. The van der Waals surface area contributed by atoms with Gasteiger partial charge in [-0.05, 0) is 32.1 Å². The first-order valence-corrected chi connectivity index (χ1v) is 14.8. The minimum atomic E-state index is -1.12. The maximum atomic E-state index is 11.9. The van der Waals surface area contributed by atoms with Gasteiger partial charge in [0.05, 0.1) is 40.3 Å². The van der Waals surface area contributed by atoms with Crippen LogP contribution in [0.25, 0.3) is 0 Å². The van der Waals surface area contributed by atoms with Crippen LogP contribution in [0.15, 0.2) is 12.2 Å². The summed E-state index contributed by atoms with van der Waals surface area (Å²) in [6, 6.07) is -0.684. The average molecular weight is 528 g/mol. The van der Waals surface area contributed by atoms with Gasteiger partial charge in [-0.3, -0.25) is 4.79 Å². The second-order valence-electron chi connectivity index (χ2n) is 11.2. The van der Waals surface area contributed by atoms with Crippen molar-refractivity contribution in [1.29, 1.82) is 0 Å². The highest BCUT2D eigenvalue weighted by molar-refractivity contribution is 5.69. The minimum Gasteiger partial charge on any atom is -0.544 e. The number of aliphatic hydroxyl groups is 1. The summed E-state index contributed by atoms with van der Waals surface area (Å²) in [5, 5.41) is 21.1. The van der Waals surface area contributed by atoms with Gasteiger partial charge in [-0.15, -0.1) is 0 Å². The van der Waals surface area contributed by atoms with Gasteiger partial charge in [0.1, 0.15) is 18.8 Å². The third kappa shape index (κ3) is 23.4. The van der Waals surface area contributed by atoms with Crippen molar-refractivity contribution < 1.29 is 33.8 Å². The lowest BCUT2D eigenvalue weighted by molar-refractivity contribution is -0.889. The summed E-state index contributed by atoms with van der Waals surface area (Å²) in [5.41, 5.74) is 0. The van der Waals surface area contributed by atoms with Crippen LogP contribution < -0.4 is 5.11 Å². The fraction of sp³-hybridized carbons (Fsp3) is 0.867. The summed E-state index contributed by atoms with van der Waals surface area (Å²) in [5.74, 6) is -1.42. The van der Waals surface area contributed by atoms with Crippen LogP contribution in [-0.4, -0.2) is 74.6 Å². The fourth-order valence-electron chi connectivity index (χ4n) is 4.24. The minimum absolute atomic E-state index is 0.000886. The molecule has 0 aliphatic heterocycles. The third-order valence-electron chi connectivity index (χ3n) is 6.63. The monoisotopic (exact) mass is 527 g/mol. The normalized spacial score (nSPS) is 13.6. The van der Waals surface area contributed by atoms with Gasteiger partial charge in [0.15, 0.2) is 0 Å². The molecule has 0 rings (SSSR count). The molecule has 0 aromatic heterocycles. The molecule has 0 saturated heterocycles. The van der Waals surface area contributed by atoms with Gasteiger partial charge in [-0.1, -0.05) is 83.3 Å². The van der Waals surface area contributed by atoms with Crippen molar-refractivity contribution in [3.63, 3.8) is 0 Å². The predicted molar refractivity (Wildman–Crippen MR) is 148 cm³/mol. The van der Waals surface area contributed by atoms with Gasteiger partial charge >= 0.3 is 5.97 Å². The number of hydrogen-bond acceptors (Lipinski definition) is 6. The van der Waals surface area contributed by atoms with E-state index >= 15 is 0 Å². The molecule has 0 radical (unpaired) electrons. The Kier molecular flexibility index (Phi) is 22.7. The Bertz CT molecular complexity index is 587. The summed E-state index contributed by atoms with van der Waals surface area (Å²) in [6.07, 6.45) is 23.0. The van der Waals surface area contributed by atoms with Gasteiger partial charge in [0, 0.05) is 12.8 Å². The zero-order valence-corrected chi connectivity index (χ0v) is 24.4. The first-order valence-electron chi connectivity index (χ1n) is 14.8. The number of carbonyl (C=O) groups is 2. The summed E-state index contributed by atoms with van der Waals surface area (Å²) in [4.78, 5) is 23.1. The molecular weight excluding hydrogens is 470 g/mol. The van der Waals surface area contributed by atoms with E-state index in [4.69, 9.17) is 9.47 Å².